The minimum Gasteiger partial charge on any atom is -0.354 e. The summed E-state index contributed by atoms with van der Waals surface area (Å²) < 4.78 is 13.3. The Morgan fingerprint density at radius 2 is 1.44 bits per heavy atom. The highest BCUT2D eigenvalue weighted by Crippen LogP contribution is 2.75. The normalized spacial score (nSPS) is 37.9. The first kappa shape index (κ1) is 37.0. The molecule has 1 aromatic carbocycles. The summed E-state index contributed by atoms with van der Waals surface area (Å²) >= 11 is 0. The van der Waals surface area contributed by atoms with Crippen molar-refractivity contribution in [2.75, 3.05) is 18.4 Å². The molecule has 6 aliphatic carbocycles. The van der Waals surface area contributed by atoms with Gasteiger partial charge in [0.15, 0.2) is 5.78 Å². The fourth-order valence-electron chi connectivity index (χ4n) is 12.8. The second kappa shape index (κ2) is 12.1. The number of hydrogen-bond donors (Lipinski definition) is 3. The first-order valence-electron chi connectivity index (χ1n) is 19.8. The van der Waals surface area contributed by atoms with Crippen LogP contribution in [0, 0.1) is 61.5 Å². The minimum absolute atomic E-state index is 0.00457. The summed E-state index contributed by atoms with van der Waals surface area (Å²) in [4.78, 5) is 54.1. The quantitative estimate of drug-likeness (QED) is 0.114. The topological polar surface area (TPSA) is 104 Å². The smallest absolute Gasteiger partial charge is 0.240 e. The molecule has 52 heavy (non-hydrogen) atoms. The van der Waals surface area contributed by atoms with Crippen molar-refractivity contribution in [2.45, 2.75) is 119 Å². The number of anilines is 1. The van der Waals surface area contributed by atoms with E-state index in [4.69, 9.17) is 0 Å². The van der Waals surface area contributed by atoms with Gasteiger partial charge >= 0.3 is 0 Å². The van der Waals surface area contributed by atoms with Gasteiger partial charge in [0, 0.05) is 24.2 Å². The highest BCUT2D eigenvalue weighted by Gasteiger charge is 2.69. The zero-order valence-electron chi connectivity index (χ0n) is 32.5. The lowest BCUT2D eigenvalue weighted by molar-refractivity contribution is -0.179. The Kier molecular flexibility index (Phi) is 8.63. The lowest BCUT2D eigenvalue weighted by Crippen LogP contribution is -2.65. The van der Waals surface area contributed by atoms with Crippen LogP contribution in [0.5, 0.6) is 0 Å². The van der Waals surface area contributed by atoms with E-state index < -0.39 is 22.1 Å². The van der Waals surface area contributed by atoms with Gasteiger partial charge in [-0.3, -0.25) is 19.2 Å². The highest BCUT2D eigenvalue weighted by molar-refractivity contribution is 6.13. The molecule has 282 valence electrons. The van der Waals surface area contributed by atoms with Gasteiger partial charge < -0.3 is 16.0 Å². The molecular formula is C44H60FN3O4. The van der Waals surface area contributed by atoms with E-state index in [9.17, 15) is 23.6 Å². The summed E-state index contributed by atoms with van der Waals surface area (Å²) in [7, 11) is 0. The first-order chi connectivity index (χ1) is 24.3. The van der Waals surface area contributed by atoms with Crippen molar-refractivity contribution in [3.63, 3.8) is 0 Å². The van der Waals surface area contributed by atoms with Crippen molar-refractivity contribution in [2.24, 2.45) is 55.7 Å². The summed E-state index contributed by atoms with van der Waals surface area (Å²) in [5, 5.41) is 8.91. The summed E-state index contributed by atoms with van der Waals surface area (Å²) in [6.07, 6.45) is 12.0. The molecule has 3 N–H and O–H groups in total. The molecule has 8 heteroatoms. The largest absolute Gasteiger partial charge is 0.354 e. The molecule has 0 heterocycles. The van der Waals surface area contributed by atoms with Gasteiger partial charge in [0.1, 0.15) is 11.2 Å². The number of rotatable bonds is 7. The maximum absolute atomic E-state index is 14.5. The third-order valence-corrected chi connectivity index (χ3v) is 16.1. The van der Waals surface area contributed by atoms with Crippen LogP contribution in [0.15, 0.2) is 48.1 Å². The Labute approximate surface area is 309 Å². The Balaban J connectivity index is 1.07. The van der Waals surface area contributed by atoms with Crippen LogP contribution in [-0.2, 0) is 19.2 Å². The second-order valence-electron chi connectivity index (χ2n) is 19.8. The fourth-order valence-corrected chi connectivity index (χ4v) is 12.8. The molecule has 5 saturated carbocycles. The van der Waals surface area contributed by atoms with E-state index in [1.165, 1.54) is 29.8 Å². The predicted molar refractivity (Wildman–Crippen MR) is 201 cm³/mol. The lowest BCUT2D eigenvalue weighted by Gasteiger charge is -2.70. The van der Waals surface area contributed by atoms with Gasteiger partial charge in [0.25, 0.3) is 0 Å². The van der Waals surface area contributed by atoms with Crippen molar-refractivity contribution in [3.05, 3.63) is 53.9 Å². The van der Waals surface area contributed by atoms with E-state index in [1.54, 1.807) is 0 Å². The molecule has 0 aliphatic heterocycles. The van der Waals surface area contributed by atoms with Crippen molar-refractivity contribution in [3.8, 4) is 0 Å². The van der Waals surface area contributed by atoms with Crippen LogP contribution < -0.4 is 16.0 Å². The van der Waals surface area contributed by atoms with Crippen LogP contribution in [-0.4, -0.2) is 36.6 Å². The molecule has 1 aromatic rings. The van der Waals surface area contributed by atoms with E-state index in [0.29, 0.717) is 36.9 Å². The molecule has 0 saturated heterocycles. The number of carbonyl (C=O) groups excluding carboxylic acids is 4. The Morgan fingerprint density at radius 3 is 2.10 bits per heavy atom. The average Bonchev–Trinajstić information content (AvgIpc) is 3.89. The van der Waals surface area contributed by atoms with Crippen molar-refractivity contribution < 1.29 is 23.6 Å². The highest BCUT2D eigenvalue weighted by atomic mass is 19.1. The van der Waals surface area contributed by atoms with Crippen LogP contribution in [0.4, 0.5) is 10.1 Å². The van der Waals surface area contributed by atoms with E-state index in [1.807, 2.05) is 0 Å². The lowest BCUT2D eigenvalue weighted by atomic mass is 9.33. The number of allylic oxidation sites excluding steroid dienone is 3. The molecule has 3 amide bonds. The molecular weight excluding hydrogens is 653 g/mol. The summed E-state index contributed by atoms with van der Waals surface area (Å²) in [5.41, 5.74) is 0.839. The Morgan fingerprint density at radius 1 is 0.808 bits per heavy atom. The van der Waals surface area contributed by atoms with Crippen molar-refractivity contribution >= 4 is 29.2 Å². The van der Waals surface area contributed by atoms with Crippen molar-refractivity contribution in [1.82, 2.24) is 10.6 Å². The van der Waals surface area contributed by atoms with Gasteiger partial charge in [0.05, 0.1) is 5.41 Å². The number of ketones is 1. The number of hydrogen-bond acceptors (Lipinski definition) is 4. The third kappa shape index (κ3) is 5.38. The summed E-state index contributed by atoms with van der Waals surface area (Å²) in [6.45, 7) is 21.3. The maximum Gasteiger partial charge on any atom is 0.240 e. The van der Waals surface area contributed by atoms with E-state index in [0.717, 1.165) is 63.4 Å². The predicted octanol–water partition coefficient (Wildman–Crippen LogP) is 8.31. The van der Waals surface area contributed by atoms with Gasteiger partial charge in [-0.25, -0.2) is 4.39 Å². The Hall–Kier alpha value is -3.29. The SMILES string of the molecule is C=C1C[C@]2(C)[C@H]3CC=C4[C@@H]5CC(C)(C)CC[C@]5(C(=O)NCCNC(=O)C5(C(=O)Nc6ccc(F)cc6)CC5)CC[C@@]4(C)[C@]3(C)CC[C@H]2C(C)(C)C1=O. The number of benzene rings is 1. The minimum atomic E-state index is -1.13. The molecule has 0 unspecified atom stereocenters. The van der Waals surface area contributed by atoms with Gasteiger partial charge in [-0.2, -0.15) is 0 Å². The standard InChI is InChI=1S/C44H60FN3O4/c1-27-25-40(6)32(39(4,5)34(27)49)15-16-42(8)33(40)14-13-30-31-26-38(2,3)17-19-43(31,20-18-41(30,42)7)35(50)46-23-24-47-36(51)44(21-22-44)37(52)48-29-11-9-28(45)10-12-29/h9-13,31-33H,1,14-26H2,2-8H3,(H,46,50)(H,47,51)(H,48,52)/t31-,32-,33+,40-,41+,42+,43-/m0/s1. The number of nitrogens with one attached hydrogen (secondary N) is 3. The fraction of sp³-hybridized carbons (Fsp3) is 0.682. The number of carbonyl (C=O) groups is 4. The number of halogens is 1. The molecule has 5 fully saturated rings. The molecule has 0 spiro atoms. The molecule has 7 nitrogen and oxygen atoms in total. The Bertz CT molecular complexity index is 1740. The zero-order chi connectivity index (χ0) is 37.7. The summed E-state index contributed by atoms with van der Waals surface area (Å²) in [5.74, 6) is 0.134. The van der Waals surface area contributed by atoms with E-state index >= 15 is 0 Å². The van der Waals surface area contributed by atoms with Crippen LogP contribution in [0.1, 0.15) is 119 Å². The first-order valence-corrected chi connectivity index (χ1v) is 19.8. The second-order valence-corrected chi connectivity index (χ2v) is 19.8. The zero-order valence-corrected chi connectivity index (χ0v) is 32.5. The molecule has 0 bridgehead atoms. The van der Waals surface area contributed by atoms with Crippen LogP contribution >= 0.6 is 0 Å². The van der Waals surface area contributed by atoms with Crippen LogP contribution in [0.25, 0.3) is 0 Å². The molecule has 7 atom stereocenters. The van der Waals surface area contributed by atoms with Crippen LogP contribution in [0.3, 0.4) is 0 Å². The van der Waals surface area contributed by atoms with Gasteiger partial charge in [-0.05, 0) is 140 Å². The number of fused-ring (bicyclic) bond motifs is 7. The van der Waals surface area contributed by atoms with Gasteiger partial charge in [0.2, 0.25) is 17.7 Å². The molecule has 0 aromatic heterocycles. The van der Waals surface area contributed by atoms with E-state index in [2.05, 4.69) is 77.1 Å². The number of Topliss-reactive ketones (excluding diaryl/α,β-unsaturated/α-hetero) is 1. The van der Waals surface area contributed by atoms with Gasteiger partial charge in [-0.1, -0.05) is 66.7 Å². The number of amides is 3. The molecule has 6 aliphatic rings. The van der Waals surface area contributed by atoms with Crippen LogP contribution in [0.2, 0.25) is 0 Å². The third-order valence-electron chi connectivity index (χ3n) is 16.1. The van der Waals surface area contributed by atoms with Crippen molar-refractivity contribution in [1.29, 1.82) is 0 Å². The molecule has 7 rings (SSSR count). The average molecular weight is 714 g/mol. The van der Waals surface area contributed by atoms with Gasteiger partial charge in [-0.15, -0.1) is 0 Å². The maximum atomic E-state index is 14.5. The van der Waals surface area contributed by atoms with E-state index in [-0.39, 0.29) is 57.6 Å². The monoisotopic (exact) mass is 713 g/mol. The molecule has 0 radical (unpaired) electrons. The summed E-state index contributed by atoms with van der Waals surface area (Å²) in [6, 6.07) is 5.50.